The van der Waals surface area contributed by atoms with Crippen LogP contribution in [0.15, 0.2) is 59.8 Å². The van der Waals surface area contributed by atoms with Crippen molar-refractivity contribution in [1.29, 1.82) is 0 Å². The van der Waals surface area contributed by atoms with E-state index in [0.717, 1.165) is 21.8 Å². The van der Waals surface area contributed by atoms with Gasteiger partial charge in [0.05, 0.1) is 27.5 Å². The van der Waals surface area contributed by atoms with E-state index in [9.17, 15) is 4.79 Å². The van der Waals surface area contributed by atoms with Crippen molar-refractivity contribution in [2.24, 2.45) is 0 Å². The molecule has 0 spiro atoms. The van der Waals surface area contributed by atoms with Gasteiger partial charge in [0.2, 0.25) is 5.91 Å². The molecule has 0 radical (unpaired) electrons. The SMILES string of the molecule is O=C(CSc1nc2cc3ccccc3cc2[nH]1)Nc1cc(Cl)ccc1Cl. The van der Waals surface area contributed by atoms with Gasteiger partial charge in [0.1, 0.15) is 0 Å². The van der Waals surface area contributed by atoms with E-state index in [1.54, 1.807) is 18.2 Å². The van der Waals surface area contributed by atoms with Gasteiger partial charge in [-0.15, -0.1) is 0 Å². The molecule has 1 amide bonds. The fraction of sp³-hybridized carbons (Fsp3) is 0.0526. The van der Waals surface area contributed by atoms with Crippen LogP contribution in [-0.2, 0) is 4.79 Å². The number of nitrogens with one attached hydrogen (secondary N) is 2. The quantitative estimate of drug-likeness (QED) is 0.427. The number of carbonyl (C=O) groups is 1. The van der Waals surface area contributed by atoms with Gasteiger partial charge in [0.15, 0.2) is 5.16 Å². The van der Waals surface area contributed by atoms with E-state index in [2.05, 4.69) is 33.5 Å². The van der Waals surface area contributed by atoms with Gasteiger partial charge in [-0.1, -0.05) is 59.2 Å². The smallest absolute Gasteiger partial charge is 0.234 e. The Balaban J connectivity index is 1.48. The summed E-state index contributed by atoms with van der Waals surface area (Å²) >= 11 is 13.3. The number of aromatic amines is 1. The number of benzene rings is 3. The second kappa shape index (κ2) is 7.19. The predicted octanol–water partition coefficient (Wildman–Crippen LogP) is 5.75. The van der Waals surface area contributed by atoms with E-state index in [-0.39, 0.29) is 11.7 Å². The Morgan fingerprint density at radius 3 is 2.65 bits per heavy atom. The molecule has 7 heteroatoms. The minimum absolute atomic E-state index is 0.176. The van der Waals surface area contributed by atoms with Crippen LogP contribution in [0.3, 0.4) is 0 Å². The summed E-state index contributed by atoms with van der Waals surface area (Å²) < 4.78 is 0. The average molecular weight is 402 g/mol. The molecule has 130 valence electrons. The second-order valence-electron chi connectivity index (χ2n) is 5.72. The molecule has 0 unspecified atom stereocenters. The molecule has 0 aliphatic rings. The maximum Gasteiger partial charge on any atom is 0.234 e. The van der Waals surface area contributed by atoms with Gasteiger partial charge >= 0.3 is 0 Å². The number of nitrogens with zero attached hydrogens (tertiary/aromatic N) is 1. The summed E-state index contributed by atoms with van der Waals surface area (Å²) in [6.45, 7) is 0. The molecular weight excluding hydrogens is 389 g/mol. The normalized spacial score (nSPS) is 11.2. The molecule has 4 aromatic rings. The summed E-state index contributed by atoms with van der Waals surface area (Å²) in [5.74, 6) is 0.0344. The first-order chi connectivity index (χ1) is 12.6. The molecular formula is C19H13Cl2N3OS. The lowest BCUT2D eigenvalue weighted by Crippen LogP contribution is -2.14. The van der Waals surface area contributed by atoms with Crippen LogP contribution in [0.1, 0.15) is 0 Å². The van der Waals surface area contributed by atoms with E-state index in [4.69, 9.17) is 23.2 Å². The minimum Gasteiger partial charge on any atom is -0.333 e. The third-order valence-corrected chi connectivity index (χ3v) is 5.31. The van der Waals surface area contributed by atoms with Gasteiger partial charge in [-0.2, -0.15) is 0 Å². The van der Waals surface area contributed by atoms with E-state index in [1.807, 2.05) is 18.2 Å². The number of amides is 1. The highest BCUT2D eigenvalue weighted by Crippen LogP contribution is 2.27. The van der Waals surface area contributed by atoms with Gasteiger partial charge in [-0.25, -0.2) is 4.98 Å². The summed E-state index contributed by atoms with van der Waals surface area (Å²) in [5, 5.41) is 6.71. The van der Waals surface area contributed by atoms with E-state index in [1.165, 1.54) is 11.8 Å². The van der Waals surface area contributed by atoms with Crippen molar-refractivity contribution in [3.8, 4) is 0 Å². The number of carbonyl (C=O) groups excluding carboxylic acids is 1. The molecule has 2 N–H and O–H groups in total. The summed E-state index contributed by atoms with van der Waals surface area (Å²) in [7, 11) is 0. The average Bonchev–Trinajstić information content (AvgIpc) is 3.02. The number of halogens is 2. The highest BCUT2D eigenvalue weighted by molar-refractivity contribution is 7.99. The molecule has 4 nitrogen and oxygen atoms in total. The van der Waals surface area contributed by atoms with Gasteiger partial charge in [0, 0.05) is 5.02 Å². The molecule has 0 aliphatic heterocycles. The maximum atomic E-state index is 12.2. The second-order valence-corrected chi connectivity index (χ2v) is 7.53. The zero-order valence-electron chi connectivity index (χ0n) is 13.4. The van der Waals surface area contributed by atoms with Crippen LogP contribution >= 0.6 is 35.0 Å². The first-order valence-corrected chi connectivity index (χ1v) is 9.59. The Kier molecular flexibility index (Phi) is 4.76. The summed E-state index contributed by atoms with van der Waals surface area (Å²) in [4.78, 5) is 20.0. The van der Waals surface area contributed by atoms with Crippen molar-refractivity contribution in [2.45, 2.75) is 5.16 Å². The lowest BCUT2D eigenvalue weighted by molar-refractivity contribution is -0.113. The third kappa shape index (κ3) is 3.65. The Hall–Kier alpha value is -2.21. The van der Waals surface area contributed by atoms with Gasteiger partial charge in [0.25, 0.3) is 0 Å². The van der Waals surface area contributed by atoms with Crippen LogP contribution in [0.2, 0.25) is 10.0 Å². The van der Waals surface area contributed by atoms with Crippen LogP contribution in [-0.4, -0.2) is 21.6 Å². The van der Waals surface area contributed by atoms with Crippen molar-refractivity contribution in [3.05, 3.63) is 64.6 Å². The van der Waals surface area contributed by atoms with Gasteiger partial charge in [-0.05, 0) is 41.1 Å². The Labute approximate surface area is 163 Å². The number of hydrogen-bond acceptors (Lipinski definition) is 3. The molecule has 26 heavy (non-hydrogen) atoms. The van der Waals surface area contributed by atoms with Crippen molar-refractivity contribution in [1.82, 2.24) is 9.97 Å². The number of H-pyrrole nitrogens is 1. The van der Waals surface area contributed by atoms with E-state index >= 15 is 0 Å². The number of rotatable bonds is 4. The molecule has 0 aliphatic carbocycles. The van der Waals surface area contributed by atoms with Crippen molar-refractivity contribution in [3.63, 3.8) is 0 Å². The molecule has 0 saturated carbocycles. The molecule has 1 aromatic heterocycles. The fourth-order valence-electron chi connectivity index (χ4n) is 2.66. The number of hydrogen-bond donors (Lipinski definition) is 2. The standard InChI is InChI=1S/C19H13Cl2N3OS/c20-13-5-6-14(21)15(9-13)22-18(25)10-26-19-23-16-7-11-3-1-2-4-12(11)8-17(16)24-19/h1-9H,10H2,(H,22,25)(H,23,24). The minimum atomic E-state index is -0.176. The topological polar surface area (TPSA) is 57.8 Å². The van der Waals surface area contributed by atoms with Crippen LogP contribution in [0, 0.1) is 0 Å². The number of anilines is 1. The molecule has 0 saturated heterocycles. The first kappa shape index (κ1) is 17.2. The number of imidazole rings is 1. The van der Waals surface area contributed by atoms with Crippen LogP contribution in [0.5, 0.6) is 0 Å². The molecule has 0 bridgehead atoms. The van der Waals surface area contributed by atoms with E-state index in [0.29, 0.717) is 20.9 Å². The van der Waals surface area contributed by atoms with Gasteiger partial charge in [-0.3, -0.25) is 4.79 Å². The van der Waals surface area contributed by atoms with Crippen LogP contribution in [0.4, 0.5) is 5.69 Å². The zero-order chi connectivity index (χ0) is 18.1. The monoisotopic (exact) mass is 401 g/mol. The van der Waals surface area contributed by atoms with Gasteiger partial charge < -0.3 is 10.3 Å². The predicted molar refractivity (Wildman–Crippen MR) is 109 cm³/mol. The van der Waals surface area contributed by atoms with E-state index < -0.39 is 0 Å². The molecule has 0 fully saturated rings. The van der Waals surface area contributed by atoms with Crippen molar-refractivity contribution in [2.75, 3.05) is 11.1 Å². The number of fused-ring (bicyclic) bond motifs is 2. The molecule has 3 aromatic carbocycles. The summed E-state index contributed by atoms with van der Waals surface area (Å²) in [6.07, 6.45) is 0. The Morgan fingerprint density at radius 1 is 1.08 bits per heavy atom. The summed E-state index contributed by atoms with van der Waals surface area (Å²) in [5.41, 5.74) is 2.33. The third-order valence-electron chi connectivity index (χ3n) is 3.87. The zero-order valence-corrected chi connectivity index (χ0v) is 15.8. The fourth-order valence-corrected chi connectivity index (χ4v) is 3.68. The Morgan fingerprint density at radius 2 is 1.85 bits per heavy atom. The largest absolute Gasteiger partial charge is 0.333 e. The highest BCUT2D eigenvalue weighted by atomic mass is 35.5. The molecule has 1 heterocycles. The molecule has 4 rings (SSSR count). The van der Waals surface area contributed by atoms with Crippen molar-refractivity contribution >= 4 is 68.4 Å². The molecule has 0 atom stereocenters. The highest BCUT2D eigenvalue weighted by Gasteiger charge is 2.10. The number of aromatic nitrogens is 2. The lowest BCUT2D eigenvalue weighted by Gasteiger charge is -2.06. The first-order valence-electron chi connectivity index (χ1n) is 7.85. The Bertz CT molecular complexity index is 1070. The maximum absolute atomic E-state index is 12.2. The summed E-state index contributed by atoms with van der Waals surface area (Å²) in [6, 6.07) is 17.2. The van der Waals surface area contributed by atoms with Crippen molar-refractivity contribution < 1.29 is 4.79 Å². The van der Waals surface area contributed by atoms with Crippen LogP contribution in [0.25, 0.3) is 21.8 Å². The number of thioether (sulfide) groups is 1. The van der Waals surface area contributed by atoms with Crippen LogP contribution < -0.4 is 5.32 Å². The lowest BCUT2D eigenvalue weighted by atomic mass is 10.1.